The number of hydrogen-bond donors (Lipinski definition) is 2. The molecule has 1 aromatic heterocycles. The van der Waals surface area contributed by atoms with Crippen molar-refractivity contribution in [2.45, 2.75) is 50.2 Å². The molecule has 0 aromatic carbocycles. The van der Waals surface area contributed by atoms with Crippen LogP contribution >= 0.6 is 0 Å². The van der Waals surface area contributed by atoms with Crippen molar-refractivity contribution in [2.24, 2.45) is 5.73 Å². The molecule has 20 heavy (non-hydrogen) atoms. The largest absolute Gasteiger partial charge is 0.464 e. The average molecular weight is 301 g/mol. The first-order valence-corrected chi connectivity index (χ1v) is 8.33. The number of aryl methyl sites for hydroxylation is 1. The number of nitrogens with two attached hydrogens (primary N) is 1. The minimum absolute atomic E-state index is 0.0261. The van der Waals surface area contributed by atoms with Gasteiger partial charge < -0.3 is 15.1 Å². The van der Waals surface area contributed by atoms with E-state index in [4.69, 9.17) is 10.2 Å². The van der Waals surface area contributed by atoms with Gasteiger partial charge in [-0.1, -0.05) is 0 Å². The number of hydrogen-bond acceptors (Lipinski definition) is 5. The van der Waals surface area contributed by atoms with E-state index in [0.29, 0.717) is 17.6 Å². The number of nitrogens with one attached hydrogen (secondary N) is 1. The van der Waals surface area contributed by atoms with Crippen LogP contribution in [0.2, 0.25) is 0 Å². The van der Waals surface area contributed by atoms with Crippen LogP contribution in [0, 0.1) is 6.92 Å². The molecular formula is C13H23N3O3S. The summed E-state index contributed by atoms with van der Waals surface area (Å²) < 4.78 is 32.9. The average Bonchev–Trinajstić information content (AvgIpc) is 2.76. The maximum absolute atomic E-state index is 12.4. The van der Waals surface area contributed by atoms with Crippen molar-refractivity contribution in [3.05, 3.63) is 17.6 Å². The number of piperidine rings is 1. The molecule has 7 heteroatoms. The monoisotopic (exact) mass is 301 g/mol. The summed E-state index contributed by atoms with van der Waals surface area (Å²) in [5, 5.41) is 0. The minimum Gasteiger partial charge on any atom is -0.464 e. The van der Waals surface area contributed by atoms with Gasteiger partial charge in [0.1, 0.15) is 16.4 Å². The molecule has 2 unspecified atom stereocenters. The summed E-state index contributed by atoms with van der Waals surface area (Å²) in [4.78, 5) is 2.44. The highest BCUT2D eigenvalue weighted by Crippen LogP contribution is 2.22. The predicted molar refractivity (Wildman–Crippen MR) is 76.8 cm³/mol. The van der Waals surface area contributed by atoms with Gasteiger partial charge in [-0.25, -0.2) is 13.1 Å². The Labute approximate surface area is 120 Å². The lowest BCUT2D eigenvalue weighted by Crippen LogP contribution is -2.47. The standard InChI is InChI=1S/C13H23N3O3S/c1-9-6-11(4-5-16(9)3)15-20(17,18)13-7-12(8-14)19-10(13)2/h7,9,11,15H,4-6,8,14H2,1-3H3. The second-order valence-corrected chi connectivity index (χ2v) is 7.19. The van der Waals surface area contributed by atoms with Crippen LogP contribution in [-0.2, 0) is 16.6 Å². The first-order valence-electron chi connectivity index (χ1n) is 6.85. The van der Waals surface area contributed by atoms with Crippen molar-refractivity contribution in [1.29, 1.82) is 0 Å². The summed E-state index contributed by atoms with van der Waals surface area (Å²) in [5.74, 6) is 0.874. The molecule has 6 nitrogen and oxygen atoms in total. The van der Waals surface area contributed by atoms with Gasteiger partial charge in [-0.05, 0) is 40.3 Å². The third kappa shape index (κ3) is 3.22. The van der Waals surface area contributed by atoms with Crippen molar-refractivity contribution in [1.82, 2.24) is 9.62 Å². The quantitative estimate of drug-likeness (QED) is 0.859. The van der Waals surface area contributed by atoms with Gasteiger partial charge in [0.25, 0.3) is 0 Å². The van der Waals surface area contributed by atoms with Gasteiger partial charge in [-0.2, -0.15) is 0 Å². The molecule has 114 valence electrons. The lowest BCUT2D eigenvalue weighted by molar-refractivity contribution is 0.178. The van der Waals surface area contributed by atoms with Gasteiger partial charge in [-0.15, -0.1) is 0 Å². The van der Waals surface area contributed by atoms with E-state index in [1.165, 1.54) is 6.07 Å². The zero-order valence-electron chi connectivity index (χ0n) is 12.2. The molecule has 0 radical (unpaired) electrons. The minimum atomic E-state index is -3.54. The van der Waals surface area contributed by atoms with Gasteiger partial charge >= 0.3 is 0 Å². The van der Waals surface area contributed by atoms with Crippen LogP contribution < -0.4 is 10.5 Å². The highest BCUT2D eigenvalue weighted by atomic mass is 32.2. The third-order valence-corrected chi connectivity index (χ3v) is 5.57. The molecule has 0 bridgehead atoms. The SMILES string of the molecule is Cc1oc(CN)cc1S(=O)(=O)NC1CCN(C)C(C)C1. The van der Waals surface area contributed by atoms with Gasteiger partial charge in [0, 0.05) is 18.2 Å². The van der Waals surface area contributed by atoms with Gasteiger partial charge in [0.15, 0.2) is 0 Å². The van der Waals surface area contributed by atoms with Crippen molar-refractivity contribution < 1.29 is 12.8 Å². The van der Waals surface area contributed by atoms with E-state index in [1.807, 2.05) is 0 Å². The first-order chi connectivity index (χ1) is 9.33. The highest BCUT2D eigenvalue weighted by Gasteiger charge is 2.29. The normalized spacial score (nSPS) is 25.0. The molecule has 0 saturated carbocycles. The van der Waals surface area contributed by atoms with Gasteiger partial charge in [0.2, 0.25) is 10.0 Å². The molecule has 0 spiro atoms. The Morgan fingerprint density at radius 3 is 2.80 bits per heavy atom. The van der Waals surface area contributed by atoms with Crippen LogP contribution in [0.15, 0.2) is 15.4 Å². The van der Waals surface area contributed by atoms with Crippen molar-refractivity contribution in [3.8, 4) is 0 Å². The fraction of sp³-hybridized carbons (Fsp3) is 0.692. The lowest BCUT2D eigenvalue weighted by atomic mass is 10.0. The van der Waals surface area contributed by atoms with E-state index in [-0.39, 0.29) is 17.5 Å². The van der Waals surface area contributed by atoms with Crippen LogP contribution in [0.3, 0.4) is 0 Å². The van der Waals surface area contributed by atoms with Crippen LogP contribution in [-0.4, -0.2) is 39.0 Å². The summed E-state index contributed by atoms with van der Waals surface area (Å²) >= 11 is 0. The van der Waals surface area contributed by atoms with Crippen molar-refractivity contribution in [3.63, 3.8) is 0 Å². The summed E-state index contributed by atoms with van der Waals surface area (Å²) in [6, 6.07) is 1.86. The molecule has 1 aromatic rings. The maximum Gasteiger partial charge on any atom is 0.244 e. The number of furan rings is 1. The first kappa shape index (κ1) is 15.5. The van der Waals surface area contributed by atoms with E-state index in [1.54, 1.807) is 6.92 Å². The Balaban J connectivity index is 2.13. The summed E-state index contributed by atoms with van der Waals surface area (Å²) in [6.45, 7) is 4.84. The second kappa shape index (κ2) is 5.85. The van der Waals surface area contributed by atoms with E-state index in [9.17, 15) is 8.42 Å². The zero-order chi connectivity index (χ0) is 14.9. The molecule has 3 N–H and O–H groups in total. The third-order valence-electron chi connectivity index (χ3n) is 3.94. The van der Waals surface area contributed by atoms with E-state index >= 15 is 0 Å². The van der Waals surface area contributed by atoms with E-state index in [2.05, 4.69) is 23.6 Å². The predicted octanol–water partition coefficient (Wildman–Crippen LogP) is 0.808. The van der Waals surface area contributed by atoms with Crippen LogP contribution in [0.5, 0.6) is 0 Å². The number of sulfonamides is 1. The Bertz CT molecular complexity index is 567. The molecule has 1 aliphatic rings. The van der Waals surface area contributed by atoms with Crippen LogP contribution in [0.4, 0.5) is 0 Å². The van der Waals surface area contributed by atoms with Crippen LogP contribution in [0.25, 0.3) is 0 Å². The second-order valence-electron chi connectivity index (χ2n) is 5.51. The molecule has 0 aliphatic carbocycles. The van der Waals surface area contributed by atoms with E-state index in [0.717, 1.165) is 19.4 Å². The molecule has 2 heterocycles. The number of likely N-dealkylation sites (tertiary alicyclic amines) is 1. The molecular weight excluding hydrogens is 278 g/mol. The van der Waals surface area contributed by atoms with Crippen molar-refractivity contribution >= 4 is 10.0 Å². The fourth-order valence-corrected chi connectivity index (χ4v) is 4.06. The molecule has 1 fully saturated rings. The smallest absolute Gasteiger partial charge is 0.244 e. The maximum atomic E-state index is 12.4. The Hall–Kier alpha value is -0.890. The fourth-order valence-electron chi connectivity index (χ4n) is 2.57. The number of nitrogens with zero attached hydrogens (tertiary/aromatic N) is 1. The summed E-state index contributed by atoms with van der Waals surface area (Å²) in [6.07, 6.45) is 1.64. The molecule has 2 atom stereocenters. The van der Waals surface area contributed by atoms with Gasteiger partial charge in [-0.3, -0.25) is 0 Å². The molecule has 1 saturated heterocycles. The Morgan fingerprint density at radius 2 is 2.25 bits per heavy atom. The molecule has 2 rings (SSSR count). The summed E-state index contributed by atoms with van der Waals surface area (Å²) in [5.41, 5.74) is 5.48. The molecule has 1 aliphatic heterocycles. The zero-order valence-corrected chi connectivity index (χ0v) is 13.0. The number of rotatable bonds is 4. The van der Waals surface area contributed by atoms with Gasteiger partial charge in [0.05, 0.1) is 6.54 Å². The lowest BCUT2D eigenvalue weighted by Gasteiger charge is -2.35. The van der Waals surface area contributed by atoms with Crippen molar-refractivity contribution in [2.75, 3.05) is 13.6 Å². The summed E-state index contributed by atoms with van der Waals surface area (Å²) in [7, 11) is -1.48. The Kier molecular flexibility index (Phi) is 4.53. The Morgan fingerprint density at radius 1 is 1.55 bits per heavy atom. The molecule has 0 amide bonds. The van der Waals surface area contributed by atoms with Crippen LogP contribution in [0.1, 0.15) is 31.3 Å². The van der Waals surface area contributed by atoms with E-state index < -0.39 is 10.0 Å². The topological polar surface area (TPSA) is 88.6 Å². The highest BCUT2D eigenvalue weighted by molar-refractivity contribution is 7.89.